The fourth-order valence-electron chi connectivity index (χ4n) is 1.51. The van der Waals surface area contributed by atoms with Gasteiger partial charge in [-0.3, -0.25) is 0 Å². The molecule has 0 fully saturated rings. The molecule has 0 aliphatic rings. The van der Waals surface area contributed by atoms with E-state index in [-0.39, 0.29) is 5.92 Å². The lowest BCUT2D eigenvalue weighted by Gasteiger charge is -2.08. The summed E-state index contributed by atoms with van der Waals surface area (Å²) in [5, 5.41) is 10.7. The van der Waals surface area contributed by atoms with Gasteiger partial charge in [0, 0.05) is 11.9 Å². The molecule has 0 spiro atoms. The summed E-state index contributed by atoms with van der Waals surface area (Å²) in [6.07, 6.45) is 1.62. The Bertz CT molecular complexity index is 534. The standard InChI is InChI=1S/C14H11ClN2S/c15-13-6-7-14(17-9-13)18-10-12(8-16)11-4-2-1-3-5-11/h1-7,9,12H,10H2. The molecule has 2 aromatic rings. The van der Waals surface area contributed by atoms with Crippen molar-refractivity contribution in [1.29, 1.82) is 5.26 Å². The first-order chi connectivity index (χ1) is 8.79. The van der Waals surface area contributed by atoms with Crippen LogP contribution < -0.4 is 0 Å². The van der Waals surface area contributed by atoms with Crippen LogP contribution in [0, 0.1) is 11.3 Å². The van der Waals surface area contributed by atoms with Crippen LogP contribution in [0.25, 0.3) is 0 Å². The van der Waals surface area contributed by atoms with E-state index in [0.717, 1.165) is 10.6 Å². The average Bonchev–Trinajstić information content (AvgIpc) is 2.43. The molecule has 0 radical (unpaired) electrons. The zero-order valence-corrected chi connectivity index (χ0v) is 11.2. The molecule has 90 valence electrons. The van der Waals surface area contributed by atoms with Gasteiger partial charge in [-0.2, -0.15) is 5.26 Å². The molecule has 0 aliphatic heterocycles. The summed E-state index contributed by atoms with van der Waals surface area (Å²) >= 11 is 7.34. The van der Waals surface area contributed by atoms with Crippen molar-refractivity contribution in [2.24, 2.45) is 0 Å². The highest BCUT2D eigenvalue weighted by atomic mass is 35.5. The summed E-state index contributed by atoms with van der Waals surface area (Å²) in [7, 11) is 0. The van der Waals surface area contributed by atoms with Gasteiger partial charge in [0.25, 0.3) is 0 Å². The van der Waals surface area contributed by atoms with E-state index >= 15 is 0 Å². The number of benzene rings is 1. The Morgan fingerprint density at radius 3 is 2.61 bits per heavy atom. The van der Waals surface area contributed by atoms with Gasteiger partial charge in [-0.05, 0) is 17.7 Å². The third-order valence-electron chi connectivity index (χ3n) is 2.46. The fraction of sp³-hybridized carbons (Fsp3) is 0.143. The maximum atomic E-state index is 9.20. The summed E-state index contributed by atoms with van der Waals surface area (Å²) in [4.78, 5) is 4.20. The van der Waals surface area contributed by atoms with E-state index in [4.69, 9.17) is 11.6 Å². The molecule has 0 aliphatic carbocycles. The second-order valence-electron chi connectivity index (χ2n) is 3.72. The summed E-state index contributed by atoms with van der Waals surface area (Å²) in [6, 6.07) is 15.8. The predicted octanol–water partition coefficient (Wildman–Crippen LogP) is 4.13. The Kier molecular flexibility index (Phi) is 4.63. The smallest absolute Gasteiger partial charge is 0.0961 e. The molecule has 1 aromatic carbocycles. The second kappa shape index (κ2) is 6.44. The summed E-state index contributed by atoms with van der Waals surface area (Å²) in [5.41, 5.74) is 1.04. The molecule has 2 nitrogen and oxygen atoms in total. The van der Waals surface area contributed by atoms with E-state index in [2.05, 4.69) is 11.1 Å². The van der Waals surface area contributed by atoms with Crippen molar-refractivity contribution in [3.05, 3.63) is 59.2 Å². The van der Waals surface area contributed by atoms with Crippen LogP contribution in [-0.4, -0.2) is 10.7 Å². The van der Waals surface area contributed by atoms with Crippen LogP contribution in [0.15, 0.2) is 53.7 Å². The van der Waals surface area contributed by atoms with Crippen LogP contribution in [0.4, 0.5) is 0 Å². The SMILES string of the molecule is N#CC(CSc1ccc(Cl)cn1)c1ccccc1. The molecule has 1 aromatic heterocycles. The van der Waals surface area contributed by atoms with Crippen molar-refractivity contribution in [3.8, 4) is 6.07 Å². The number of halogens is 1. The fourth-order valence-corrected chi connectivity index (χ4v) is 2.52. The Morgan fingerprint density at radius 1 is 1.22 bits per heavy atom. The lowest BCUT2D eigenvalue weighted by Crippen LogP contribution is -1.99. The van der Waals surface area contributed by atoms with Gasteiger partial charge in [-0.25, -0.2) is 4.98 Å². The van der Waals surface area contributed by atoms with Gasteiger partial charge in [-0.1, -0.05) is 41.9 Å². The zero-order valence-electron chi connectivity index (χ0n) is 9.58. The van der Waals surface area contributed by atoms with E-state index < -0.39 is 0 Å². The molecule has 0 saturated carbocycles. The number of pyridine rings is 1. The molecule has 4 heteroatoms. The van der Waals surface area contributed by atoms with Gasteiger partial charge in [0.2, 0.25) is 0 Å². The van der Waals surface area contributed by atoms with Crippen molar-refractivity contribution < 1.29 is 0 Å². The van der Waals surface area contributed by atoms with E-state index in [1.54, 1.807) is 24.0 Å². The first kappa shape index (κ1) is 12.9. The molecule has 2 rings (SSSR count). The van der Waals surface area contributed by atoms with E-state index in [9.17, 15) is 5.26 Å². The molecule has 0 amide bonds. The lowest BCUT2D eigenvalue weighted by atomic mass is 10.0. The maximum absolute atomic E-state index is 9.20. The molecule has 1 atom stereocenters. The first-order valence-electron chi connectivity index (χ1n) is 5.48. The van der Waals surface area contributed by atoms with Gasteiger partial charge in [-0.15, -0.1) is 11.8 Å². The number of rotatable bonds is 4. The van der Waals surface area contributed by atoms with Crippen molar-refractivity contribution in [1.82, 2.24) is 4.98 Å². The molecule has 0 bridgehead atoms. The highest BCUT2D eigenvalue weighted by Gasteiger charge is 2.10. The zero-order chi connectivity index (χ0) is 12.8. The van der Waals surface area contributed by atoms with Crippen LogP contribution >= 0.6 is 23.4 Å². The van der Waals surface area contributed by atoms with Crippen LogP contribution in [0.3, 0.4) is 0 Å². The Morgan fingerprint density at radius 2 is 2.00 bits per heavy atom. The topological polar surface area (TPSA) is 36.7 Å². The number of nitriles is 1. The first-order valence-corrected chi connectivity index (χ1v) is 6.85. The van der Waals surface area contributed by atoms with E-state index in [1.807, 2.05) is 36.4 Å². The Balaban J connectivity index is 2.00. The highest BCUT2D eigenvalue weighted by molar-refractivity contribution is 7.99. The highest BCUT2D eigenvalue weighted by Crippen LogP contribution is 2.25. The monoisotopic (exact) mass is 274 g/mol. The third kappa shape index (κ3) is 3.49. The number of hydrogen-bond acceptors (Lipinski definition) is 3. The van der Waals surface area contributed by atoms with Gasteiger partial charge < -0.3 is 0 Å². The lowest BCUT2D eigenvalue weighted by molar-refractivity contribution is 0.991. The van der Waals surface area contributed by atoms with Gasteiger partial charge in [0.05, 0.1) is 22.0 Å². The maximum Gasteiger partial charge on any atom is 0.0961 e. The van der Waals surface area contributed by atoms with Crippen molar-refractivity contribution in [2.45, 2.75) is 10.9 Å². The number of aromatic nitrogens is 1. The predicted molar refractivity (Wildman–Crippen MR) is 74.8 cm³/mol. The number of thioether (sulfide) groups is 1. The third-order valence-corrected chi connectivity index (χ3v) is 3.72. The van der Waals surface area contributed by atoms with Crippen molar-refractivity contribution in [2.75, 3.05) is 5.75 Å². The molecular formula is C14H11ClN2S. The molecule has 18 heavy (non-hydrogen) atoms. The molecule has 1 unspecified atom stereocenters. The quantitative estimate of drug-likeness (QED) is 0.787. The number of hydrogen-bond donors (Lipinski definition) is 0. The van der Waals surface area contributed by atoms with Crippen LogP contribution in [0.1, 0.15) is 11.5 Å². The van der Waals surface area contributed by atoms with Crippen molar-refractivity contribution in [3.63, 3.8) is 0 Å². The van der Waals surface area contributed by atoms with Crippen LogP contribution in [0.5, 0.6) is 0 Å². The summed E-state index contributed by atoms with van der Waals surface area (Å²) in [6.45, 7) is 0. The van der Waals surface area contributed by atoms with Gasteiger partial charge in [0.15, 0.2) is 0 Å². The van der Waals surface area contributed by atoms with Crippen LogP contribution in [0.2, 0.25) is 5.02 Å². The van der Waals surface area contributed by atoms with E-state index in [0.29, 0.717) is 10.8 Å². The largest absolute Gasteiger partial charge is 0.248 e. The molecule has 0 N–H and O–H groups in total. The van der Waals surface area contributed by atoms with Gasteiger partial charge in [0.1, 0.15) is 0 Å². The molecular weight excluding hydrogens is 264 g/mol. The van der Waals surface area contributed by atoms with Crippen molar-refractivity contribution >= 4 is 23.4 Å². The summed E-state index contributed by atoms with van der Waals surface area (Å²) in [5.74, 6) is 0.573. The minimum atomic E-state index is -0.117. The normalized spacial score (nSPS) is 11.8. The average molecular weight is 275 g/mol. The van der Waals surface area contributed by atoms with Gasteiger partial charge >= 0.3 is 0 Å². The number of nitrogens with zero attached hydrogens (tertiary/aromatic N) is 2. The summed E-state index contributed by atoms with van der Waals surface area (Å²) < 4.78 is 0. The minimum absolute atomic E-state index is 0.117. The molecule has 0 saturated heterocycles. The Hall–Kier alpha value is -1.50. The molecule has 1 heterocycles. The second-order valence-corrected chi connectivity index (χ2v) is 5.19. The Labute approximate surface area is 116 Å². The van der Waals surface area contributed by atoms with E-state index in [1.165, 1.54) is 0 Å². The van der Waals surface area contributed by atoms with Crippen LogP contribution in [-0.2, 0) is 0 Å². The minimum Gasteiger partial charge on any atom is -0.248 e.